The van der Waals surface area contributed by atoms with Crippen LogP contribution in [0.2, 0.25) is 0 Å². The Balaban J connectivity index is 0.00000225. The number of halogens is 1. The fourth-order valence-electron chi connectivity index (χ4n) is 3.49. The molecule has 2 aliphatic rings. The molecule has 1 aromatic carbocycles. The standard InChI is InChI=1S/C17H25N3O3S.ClH/c1-17(8-5-9-18-14-17)16(21)19-10-12-20(13-11-19)24(22,23)15-6-3-2-4-7-15;/h2-4,6-7,18H,5,8-14H2,1H3;1H. The van der Waals surface area contributed by atoms with Crippen LogP contribution in [0.3, 0.4) is 0 Å². The number of nitrogens with one attached hydrogen (secondary N) is 1. The molecule has 0 radical (unpaired) electrons. The van der Waals surface area contributed by atoms with E-state index >= 15 is 0 Å². The first kappa shape index (κ1) is 20.2. The van der Waals surface area contributed by atoms with Gasteiger partial charge in [-0.1, -0.05) is 18.2 Å². The van der Waals surface area contributed by atoms with Crippen molar-refractivity contribution in [3.63, 3.8) is 0 Å². The average molecular weight is 388 g/mol. The molecule has 2 aliphatic heterocycles. The summed E-state index contributed by atoms with van der Waals surface area (Å²) >= 11 is 0. The molecule has 25 heavy (non-hydrogen) atoms. The summed E-state index contributed by atoms with van der Waals surface area (Å²) in [6, 6.07) is 8.48. The molecule has 3 rings (SSSR count). The number of rotatable bonds is 3. The molecular formula is C17H26ClN3O3S. The minimum absolute atomic E-state index is 0. The van der Waals surface area contributed by atoms with Crippen LogP contribution in [0, 0.1) is 5.41 Å². The number of benzene rings is 1. The van der Waals surface area contributed by atoms with Crippen molar-refractivity contribution in [2.75, 3.05) is 39.3 Å². The zero-order chi connectivity index (χ0) is 17.2. The van der Waals surface area contributed by atoms with Gasteiger partial charge in [-0.3, -0.25) is 4.79 Å². The highest BCUT2D eigenvalue weighted by atomic mass is 35.5. The summed E-state index contributed by atoms with van der Waals surface area (Å²) in [4.78, 5) is 15.0. The minimum Gasteiger partial charge on any atom is -0.340 e. The molecule has 1 aromatic rings. The molecule has 1 N–H and O–H groups in total. The summed E-state index contributed by atoms with van der Waals surface area (Å²) in [6.07, 6.45) is 1.89. The molecule has 1 atom stereocenters. The van der Waals surface area contributed by atoms with Gasteiger partial charge in [0, 0.05) is 32.7 Å². The van der Waals surface area contributed by atoms with Crippen LogP contribution in [0.4, 0.5) is 0 Å². The molecule has 2 fully saturated rings. The predicted octanol–water partition coefficient (Wildman–Crippen LogP) is 1.33. The van der Waals surface area contributed by atoms with Gasteiger partial charge in [0.1, 0.15) is 0 Å². The number of piperidine rings is 1. The summed E-state index contributed by atoms with van der Waals surface area (Å²) < 4.78 is 26.8. The first-order valence-electron chi connectivity index (χ1n) is 8.49. The van der Waals surface area contributed by atoms with Crippen molar-refractivity contribution in [3.8, 4) is 0 Å². The highest BCUT2D eigenvalue weighted by molar-refractivity contribution is 7.89. The lowest BCUT2D eigenvalue weighted by molar-refractivity contribution is -0.143. The Kier molecular flexibility index (Phi) is 6.48. The molecule has 8 heteroatoms. The van der Waals surface area contributed by atoms with Gasteiger partial charge in [0.2, 0.25) is 15.9 Å². The van der Waals surface area contributed by atoms with Gasteiger partial charge in [0.05, 0.1) is 10.3 Å². The van der Waals surface area contributed by atoms with Crippen LogP contribution < -0.4 is 5.32 Å². The summed E-state index contributed by atoms with van der Waals surface area (Å²) in [7, 11) is -3.47. The van der Waals surface area contributed by atoms with Crippen molar-refractivity contribution < 1.29 is 13.2 Å². The second kappa shape index (κ2) is 8.03. The number of amides is 1. The molecular weight excluding hydrogens is 362 g/mol. The van der Waals surface area contributed by atoms with Crippen molar-refractivity contribution in [2.45, 2.75) is 24.7 Å². The average Bonchev–Trinajstić information content (AvgIpc) is 2.62. The highest BCUT2D eigenvalue weighted by Gasteiger charge is 2.39. The highest BCUT2D eigenvalue weighted by Crippen LogP contribution is 2.29. The number of carbonyl (C=O) groups is 1. The molecule has 0 spiro atoms. The van der Waals surface area contributed by atoms with Crippen LogP contribution in [0.15, 0.2) is 35.2 Å². The van der Waals surface area contributed by atoms with Crippen molar-refractivity contribution >= 4 is 28.3 Å². The maximum Gasteiger partial charge on any atom is 0.243 e. The van der Waals surface area contributed by atoms with Crippen molar-refractivity contribution in [2.24, 2.45) is 5.41 Å². The summed E-state index contributed by atoms with van der Waals surface area (Å²) in [5.74, 6) is 0.145. The van der Waals surface area contributed by atoms with Crippen LogP contribution in [-0.2, 0) is 14.8 Å². The number of hydrogen-bond donors (Lipinski definition) is 1. The maximum absolute atomic E-state index is 12.8. The van der Waals surface area contributed by atoms with Gasteiger partial charge >= 0.3 is 0 Å². The Labute approximate surface area is 156 Å². The largest absolute Gasteiger partial charge is 0.340 e. The van der Waals surface area contributed by atoms with Gasteiger partial charge in [-0.25, -0.2) is 8.42 Å². The van der Waals surface area contributed by atoms with Gasteiger partial charge in [0.15, 0.2) is 0 Å². The number of sulfonamides is 1. The third kappa shape index (κ3) is 4.16. The van der Waals surface area contributed by atoms with Gasteiger partial charge in [-0.2, -0.15) is 4.31 Å². The predicted molar refractivity (Wildman–Crippen MR) is 99.2 cm³/mol. The zero-order valence-corrected chi connectivity index (χ0v) is 16.1. The molecule has 0 aliphatic carbocycles. The molecule has 1 amide bonds. The summed E-state index contributed by atoms with van der Waals surface area (Å²) in [6.45, 7) is 5.30. The van der Waals surface area contributed by atoms with E-state index in [1.54, 1.807) is 30.3 Å². The topological polar surface area (TPSA) is 69.7 Å². The van der Waals surface area contributed by atoms with E-state index in [0.29, 0.717) is 37.6 Å². The molecule has 0 saturated carbocycles. The van der Waals surface area contributed by atoms with E-state index in [-0.39, 0.29) is 23.7 Å². The fraction of sp³-hybridized carbons (Fsp3) is 0.588. The van der Waals surface area contributed by atoms with Crippen LogP contribution in [0.25, 0.3) is 0 Å². The lowest BCUT2D eigenvalue weighted by Gasteiger charge is -2.41. The maximum atomic E-state index is 12.8. The van der Waals surface area contributed by atoms with E-state index in [2.05, 4.69) is 5.32 Å². The van der Waals surface area contributed by atoms with E-state index in [1.807, 2.05) is 11.8 Å². The van der Waals surface area contributed by atoms with Gasteiger partial charge < -0.3 is 10.2 Å². The van der Waals surface area contributed by atoms with Gasteiger partial charge in [0.25, 0.3) is 0 Å². The van der Waals surface area contributed by atoms with Crippen LogP contribution in [0.1, 0.15) is 19.8 Å². The SMILES string of the molecule is CC1(C(=O)N2CCN(S(=O)(=O)c3ccccc3)CC2)CCCNC1.Cl. The van der Waals surface area contributed by atoms with Gasteiger partial charge in [-0.05, 0) is 38.4 Å². The third-order valence-electron chi connectivity index (χ3n) is 5.02. The fourth-order valence-corrected chi connectivity index (χ4v) is 4.94. The molecule has 0 bridgehead atoms. The molecule has 2 saturated heterocycles. The lowest BCUT2D eigenvalue weighted by atomic mass is 9.81. The second-order valence-electron chi connectivity index (χ2n) is 6.85. The third-order valence-corrected chi connectivity index (χ3v) is 6.93. The number of hydrogen-bond acceptors (Lipinski definition) is 4. The number of nitrogens with zero attached hydrogens (tertiary/aromatic N) is 2. The molecule has 6 nitrogen and oxygen atoms in total. The van der Waals surface area contributed by atoms with E-state index in [1.165, 1.54) is 4.31 Å². The van der Waals surface area contributed by atoms with E-state index in [4.69, 9.17) is 0 Å². The Hall–Kier alpha value is -1.15. The van der Waals surface area contributed by atoms with Crippen molar-refractivity contribution in [1.82, 2.24) is 14.5 Å². The monoisotopic (exact) mass is 387 g/mol. The van der Waals surface area contributed by atoms with Gasteiger partial charge in [-0.15, -0.1) is 12.4 Å². The smallest absolute Gasteiger partial charge is 0.243 e. The molecule has 1 unspecified atom stereocenters. The Morgan fingerprint density at radius 1 is 1.12 bits per heavy atom. The van der Waals surface area contributed by atoms with Crippen LogP contribution in [0.5, 0.6) is 0 Å². The van der Waals surface area contributed by atoms with Crippen LogP contribution >= 0.6 is 12.4 Å². The first-order valence-corrected chi connectivity index (χ1v) is 9.93. The number of piperazine rings is 1. The van der Waals surface area contributed by atoms with E-state index in [0.717, 1.165) is 19.4 Å². The Bertz CT molecular complexity index is 682. The molecule has 2 heterocycles. The normalized spacial score (nSPS) is 25.2. The van der Waals surface area contributed by atoms with Crippen LogP contribution in [-0.4, -0.2) is 62.8 Å². The second-order valence-corrected chi connectivity index (χ2v) is 8.79. The van der Waals surface area contributed by atoms with Crippen molar-refractivity contribution in [3.05, 3.63) is 30.3 Å². The molecule has 140 valence electrons. The Morgan fingerprint density at radius 3 is 2.32 bits per heavy atom. The van der Waals surface area contributed by atoms with Crippen molar-refractivity contribution in [1.29, 1.82) is 0 Å². The summed E-state index contributed by atoms with van der Waals surface area (Å²) in [5, 5.41) is 3.30. The Morgan fingerprint density at radius 2 is 1.76 bits per heavy atom. The van der Waals surface area contributed by atoms with E-state index in [9.17, 15) is 13.2 Å². The molecule has 0 aromatic heterocycles. The zero-order valence-electron chi connectivity index (χ0n) is 14.5. The summed E-state index contributed by atoms with van der Waals surface area (Å²) in [5.41, 5.74) is -0.362. The van der Waals surface area contributed by atoms with E-state index < -0.39 is 10.0 Å². The lowest BCUT2D eigenvalue weighted by Crippen LogP contribution is -2.56. The minimum atomic E-state index is -3.47. The first-order chi connectivity index (χ1) is 11.4. The quantitative estimate of drug-likeness (QED) is 0.849. The number of carbonyl (C=O) groups excluding carboxylic acids is 1.